The molecule has 2 aromatic rings. The first kappa shape index (κ1) is 21.9. The van der Waals surface area contributed by atoms with E-state index in [-0.39, 0.29) is 22.9 Å². The molecule has 160 valence electrons. The van der Waals surface area contributed by atoms with Crippen LogP contribution in [0.3, 0.4) is 0 Å². The van der Waals surface area contributed by atoms with Crippen LogP contribution in [0, 0.1) is 12.7 Å². The number of carbonyl (C=O) groups excluding carboxylic acids is 2. The number of benzene rings is 2. The van der Waals surface area contributed by atoms with Crippen LogP contribution in [0.4, 0.5) is 23.2 Å². The van der Waals surface area contributed by atoms with Crippen LogP contribution < -0.4 is 15.0 Å². The molecule has 5 nitrogen and oxygen atoms in total. The van der Waals surface area contributed by atoms with Crippen molar-refractivity contribution in [2.24, 2.45) is 0 Å². The van der Waals surface area contributed by atoms with Crippen molar-refractivity contribution in [2.45, 2.75) is 32.0 Å². The first-order valence-electron chi connectivity index (χ1n) is 8.85. The zero-order valence-corrected chi connectivity index (χ0v) is 16.7. The lowest BCUT2D eigenvalue weighted by Crippen LogP contribution is -2.52. The smallest absolute Gasteiger partial charge is 0.397 e. The van der Waals surface area contributed by atoms with Crippen LogP contribution in [0.25, 0.3) is 0 Å². The van der Waals surface area contributed by atoms with Gasteiger partial charge in [0, 0.05) is 19.5 Å². The number of rotatable bonds is 4. The van der Waals surface area contributed by atoms with E-state index in [0.717, 1.165) is 6.07 Å². The summed E-state index contributed by atoms with van der Waals surface area (Å²) in [4.78, 5) is 25.6. The van der Waals surface area contributed by atoms with Gasteiger partial charge in [-0.1, -0.05) is 23.7 Å². The van der Waals surface area contributed by atoms with Crippen molar-refractivity contribution in [1.82, 2.24) is 5.32 Å². The number of hydrogen-bond acceptors (Lipinski definition) is 3. The molecule has 0 bridgehead atoms. The van der Waals surface area contributed by atoms with E-state index in [1.807, 2.05) is 0 Å². The number of likely N-dealkylation sites (N-methyl/N-ethyl adjacent to an activating group) is 1. The number of anilines is 1. The Kier molecular flexibility index (Phi) is 5.94. The van der Waals surface area contributed by atoms with Gasteiger partial charge in [-0.05, 0) is 30.2 Å². The zero-order chi connectivity index (χ0) is 22.2. The van der Waals surface area contributed by atoms with Crippen molar-refractivity contribution in [3.05, 3.63) is 52.3 Å². The predicted octanol–water partition coefficient (Wildman–Crippen LogP) is 4.54. The van der Waals surface area contributed by atoms with Crippen LogP contribution in [0.5, 0.6) is 11.5 Å². The Bertz CT molecular complexity index is 1010. The molecule has 1 aliphatic rings. The molecule has 0 aromatic heterocycles. The van der Waals surface area contributed by atoms with Crippen LogP contribution in [0.15, 0.2) is 30.3 Å². The summed E-state index contributed by atoms with van der Waals surface area (Å²) in [6.45, 7) is 1.72. The summed E-state index contributed by atoms with van der Waals surface area (Å²) in [5, 5.41) is 2.30. The molecule has 0 saturated heterocycles. The summed E-state index contributed by atoms with van der Waals surface area (Å²) < 4.78 is 56.7. The fourth-order valence-electron chi connectivity index (χ4n) is 3.23. The molecule has 1 N–H and O–H groups in total. The molecule has 0 saturated carbocycles. The van der Waals surface area contributed by atoms with Gasteiger partial charge in [0.2, 0.25) is 11.8 Å². The number of hydrogen-bond donors (Lipinski definition) is 1. The Morgan fingerprint density at radius 3 is 2.67 bits per heavy atom. The molecule has 10 heteroatoms. The van der Waals surface area contributed by atoms with Crippen LogP contribution >= 0.6 is 11.6 Å². The molecule has 0 radical (unpaired) electrons. The Hall–Kier alpha value is -2.81. The average Bonchev–Trinajstić information content (AvgIpc) is 2.63. The number of alkyl halides is 3. The highest BCUT2D eigenvalue weighted by atomic mass is 35.5. The molecule has 1 heterocycles. The van der Waals surface area contributed by atoms with Crippen molar-refractivity contribution in [1.29, 1.82) is 0 Å². The van der Waals surface area contributed by atoms with E-state index in [0.29, 0.717) is 16.8 Å². The van der Waals surface area contributed by atoms with Gasteiger partial charge in [-0.15, -0.1) is 0 Å². The Morgan fingerprint density at radius 2 is 2.00 bits per heavy atom. The van der Waals surface area contributed by atoms with Crippen molar-refractivity contribution in [3.63, 3.8) is 0 Å². The monoisotopic (exact) mass is 444 g/mol. The molecule has 1 atom stereocenters. The molecule has 0 unspecified atom stereocenters. The van der Waals surface area contributed by atoms with E-state index in [4.69, 9.17) is 16.3 Å². The Labute approximate surface area is 174 Å². The third kappa shape index (κ3) is 4.67. The zero-order valence-electron chi connectivity index (χ0n) is 15.9. The highest BCUT2D eigenvalue weighted by molar-refractivity contribution is 6.32. The standard InChI is InChI=1S/C20H17ClF4N2O3/c1-10-3-4-11-7-14(26-16(28)9-20(23,24)25)19(29)27(2)17(11)18(10)30-15-8-12(22)5-6-13(15)21/h3-6,8,14H,7,9H2,1-2H3,(H,26,28)/t14-/m1/s1. The fourth-order valence-corrected chi connectivity index (χ4v) is 3.39. The summed E-state index contributed by atoms with van der Waals surface area (Å²) in [6.07, 6.45) is -6.36. The number of aryl methyl sites for hydroxylation is 1. The summed E-state index contributed by atoms with van der Waals surface area (Å²) in [7, 11) is 1.42. The van der Waals surface area contributed by atoms with Gasteiger partial charge in [-0.2, -0.15) is 13.2 Å². The van der Waals surface area contributed by atoms with Crippen LogP contribution in [-0.4, -0.2) is 31.1 Å². The lowest BCUT2D eigenvalue weighted by atomic mass is 9.95. The summed E-state index contributed by atoms with van der Waals surface area (Å²) in [5.74, 6) is -2.13. The first-order chi connectivity index (χ1) is 14.0. The highest BCUT2D eigenvalue weighted by Crippen LogP contribution is 2.42. The number of fused-ring (bicyclic) bond motifs is 1. The molecule has 1 aliphatic heterocycles. The van der Waals surface area contributed by atoms with Crippen molar-refractivity contribution >= 4 is 29.1 Å². The van der Waals surface area contributed by atoms with Crippen LogP contribution in [0.2, 0.25) is 5.02 Å². The predicted molar refractivity (Wildman–Crippen MR) is 102 cm³/mol. The Balaban J connectivity index is 1.92. The van der Waals surface area contributed by atoms with Crippen LogP contribution in [0.1, 0.15) is 17.5 Å². The van der Waals surface area contributed by atoms with E-state index >= 15 is 0 Å². The number of carbonyl (C=O) groups is 2. The van der Waals surface area contributed by atoms with Gasteiger partial charge >= 0.3 is 6.18 Å². The summed E-state index contributed by atoms with van der Waals surface area (Å²) in [5.41, 5.74) is 1.58. The second kappa shape index (κ2) is 8.14. The van der Waals surface area contributed by atoms with Gasteiger partial charge in [0.15, 0.2) is 5.75 Å². The molecule has 2 aromatic carbocycles. The third-order valence-corrected chi connectivity index (χ3v) is 4.91. The minimum absolute atomic E-state index is 0.0182. The van der Waals surface area contributed by atoms with Gasteiger partial charge in [-0.25, -0.2) is 4.39 Å². The molecule has 0 fully saturated rings. The van der Waals surface area contributed by atoms with Gasteiger partial charge in [-0.3, -0.25) is 9.59 Å². The number of ether oxygens (including phenoxy) is 1. The summed E-state index contributed by atoms with van der Waals surface area (Å²) >= 11 is 6.07. The van der Waals surface area contributed by atoms with Gasteiger partial charge in [0.05, 0.1) is 10.7 Å². The lowest BCUT2D eigenvalue weighted by molar-refractivity contribution is -0.155. The largest absolute Gasteiger partial charge is 0.453 e. The third-order valence-electron chi connectivity index (χ3n) is 4.60. The maximum Gasteiger partial charge on any atom is 0.397 e. The van der Waals surface area contributed by atoms with E-state index in [1.165, 1.54) is 24.1 Å². The van der Waals surface area contributed by atoms with Gasteiger partial charge in [0.25, 0.3) is 0 Å². The van der Waals surface area contributed by atoms with Crippen molar-refractivity contribution in [3.8, 4) is 11.5 Å². The van der Waals surface area contributed by atoms with E-state index in [2.05, 4.69) is 5.32 Å². The fraction of sp³-hybridized carbons (Fsp3) is 0.300. The SMILES string of the molecule is Cc1ccc2c(c1Oc1cc(F)ccc1Cl)N(C)C(=O)[C@H](NC(=O)CC(F)(F)F)C2. The summed E-state index contributed by atoms with van der Waals surface area (Å²) in [6, 6.07) is 5.85. The van der Waals surface area contributed by atoms with Gasteiger partial charge in [0.1, 0.15) is 24.0 Å². The number of halogens is 5. The molecule has 0 spiro atoms. The number of nitrogens with one attached hydrogen (secondary N) is 1. The van der Waals surface area contributed by atoms with E-state index in [1.54, 1.807) is 19.1 Å². The normalized spacial score (nSPS) is 16.3. The molecule has 3 rings (SSSR count). The minimum atomic E-state index is -4.67. The minimum Gasteiger partial charge on any atom is -0.453 e. The average molecular weight is 445 g/mol. The maximum atomic E-state index is 13.6. The maximum absolute atomic E-state index is 13.6. The molecule has 0 aliphatic carbocycles. The quantitative estimate of drug-likeness (QED) is 0.705. The van der Waals surface area contributed by atoms with Crippen molar-refractivity contribution in [2.75, 3.05) is 11.9 Å². The molecule has 30 heavy (non-hydrogen) atoms. The van der Waals surface area contributed by atoms with E-state index in [9.17, 15) is 27.2 Å². The second-order valence-electron chi connectivity index (χ2n) is 6.91. The topological polar surface area (TPSA) is 58.6 Å². The van der Waals surface area contributed by atoms with Gasteiger partial charge < -0.3 is 15.0 Å². The number of amides is 2. The van der Waals surface area contributed by atoms with Crippen molar-refractivity contribution < 1.29 is 31.9 Å². The number of nitrogens with zero attached hydrogens (tertiary/aromatic N) is 1. The van der Waals surface area contributed by atoms with Crippen LogP contribution in [-0.2, 0) is 16.0 Å². The molecular formula is C20H17ClF4N2O3. The molecular weight excluding hydrogens is 428 g/mol. The highest BCUT2D eigenvalue weighted by Gasteiger charge is 2.37. The van der Waals surface area contributed by atoms with E-state index < -0.39 is 36.3 Å². The Morgan fingerprint density at radius 1 is 1.30 bits per heavy atom. The molecule has 2 amide bonds. The lowest BCUT2D eigenvalue weighted by Gasteiger charge is -2.33. The first-order valence-corrected chi connectivity index (χ1v) is 9.23. The second-order valence-corrected chi connectivity index (χ2v) is 7.32.